The van der Waals surface area contributed by atoms with Crippen LogP contribution in [-0.2, 0) is 4.79 Å². The Hall–Kier alpha value is -3.53. The Labute approximate surface area is 192 Å². The molecular formula is C23H29N9O. The Balaban J connectivity index is 1.48. The molecule has 0 aliphatic carbocycles. The maximum Gasteiger partial charge on any atom is 0.236 e. The first-order valence-electron chi connectivity index (χ1n) is 11.3. The Bertz CT molecular complexity index is 1280. The highest BCUT2D eigenvalue weighted by Crippen LogP contribution is 2.32. The zero-order valence-corrected chi connectivity index (χ0v) is 19.2. The molecule has 0 saturated carbocycles. The second-order valence-corrected chi connectivity index (χ2v) is 8.89. The van der Waals surface area contributed by atoms with E-state index >= 15 is 0 Å². The first-order valence-corrected chi connectivity index (χ1v) is 11.3. The molecule has 2 N–H and O–H groups in total. The fraction of sp³-hybridized carbons (Fsp3) is 0.435. The predicted molar refractivity (Wildman–Crippen MR) is 127 cm³/mol. The van der Waals surface area contributed by atoms with Crippen LogP contribution in [0.15, 0.2) is 36.9 Å². The molecular weight excluding hydrogens is 418 g/mol. The van der Waals surface area contributed by atoms with E-state index < -0.39 is 0 Å². The number of hydrogen-bond donors (Lipinski definition) is 2. The predicted octanol–water partition coefficient (Wildman–Crippen LogP) is 2.60. The molecule has 0 spiro atoms. The van der Waals surface area contributed by atoms with Crippen molar-refractivity contribution in [3.05, 3.63) is 42.7 Å². The number of carbonyl (C=O) groups is 1. The van der Waals surface area contributed by atoms with Gasteiger partial charge in [-0.05, 0) is 46.0 Å². The van der Waals surface area contributed by atoms with E-state index in [1.165, 1.54) is 6.33 Å². The second kappa shape index (κ2) is 8.78. The van der Waals surface area contributed by atoms with Gasteiger partial charge in [0.15, 0.2) is 11.5 Å². The molecule has 4 heterocycles. The van der Waals surface area contributed by atoms with Gasteiger partial charge in [0.05, 0.1) is 36.0 Å². The summed E-state index contributed by atoms with van der Waals surface area (Å²) in [4.78, 5) is 37.6. The average molecular weight is 448 g/mol. The molecule has 0 radical (unpaired) electrons. The van der Waals surface area contributed by atoms with Crippen molar-refractivity contribution in [2.24, 2.45) is 0 Å². The Morgan fingerprint density at radius 3 is 2.97 bits per heavy atom. The van der Waals surface area contributed by atoms with Crippen LogP contribution in [0.4, 0.5) is 5.82 Å². The lowest BCUT2D eigenvalue weighted by atomic mass is 10.0. The van der Waals surface area contributed by atoms with Crippen molar-refractivity contribution >= 4 is 33.9 Å². The van der Waals surface area contributed by atoms with E-state index in [0.717, 1.165) is 41.8 Å². The van der Waals surface area contributed by atoms with Gasteiger partial charge in [-0.15, -0.1) is 0 Å². The molecule has 1 amide bonds. The molecule has 10 nitrogen and oxygen atoms in total. The first kappa shape index (κ1) is 21.3. The minimum atomic E-state index is -0.119. The monoisotopic (exact) mass is 447 g/mol. The van der Waals surface area contributed by atoms with Crippen molar-refractivity contribution in [3.63, 3.8) is 0 Å². The molecule has 1 fully saturated rings. The van der Waals surface area contributed by atoms with Crippen molar-refractivity contribution in [2.75, 3.05) is 39.0 Å². The fourth-order valence-corrected chi connectivity index (χ4v) is 4.66. The lowest BCUT2D eigenvalue weighted by Crippen LogP contribution is -2.44. The largest absolute Gasteiger partial charge is 0.358 e. The molecule has 2 unspecified atom stereocenters. The number of para-hydroxylation sites is 2. The van der Waals surface area contributed by atoms with Gasteiger partial charge in [0, 0.05) is 13.1 Å². The number of nitrogens with one attached hydrogen (secondary N) is 2. The maximum atomic E-state index is 12.8. The number of H-pyrrole nitrogens is 1. The third kappa shape index (κ3) is 4.13. The standard InChI is InChI=1S/C23H29N9O/c1-15(28-22-20-21(25-13-24-20)26-14-27-22)23-29-17-8-4-5-9-18(17)32(23)16-7-6-10-31(11-16)19(33)12-30(2)3/h4-5,8-9,13-16H,6-7,10-12H2,1-3H3,(H2,24,25,26,27,28). The molecule has 10 heteroatoms. The van der Waals surface area contributed by atoms with Crippen molar-refractivity contribution in [3.8, 4) is 0 Å². The van der Waals surface area contributed by atoms with Crippen molar-refractivity contribution in [1.82, 2.24) is 39.3 Å². The zero-order valence-electron chi connectivity index (χ0n) is 19.2. The highest BCUT2D eigenvalue weighted by atomic mass is 16.2. The summed E-state index contributed by atoms with van der Waals surface area (Å²) >= 11 is 0. The topological polar surface area (TPSA) is 108 Å². The smallest absolute Gasteiger partial charge is 0.236 e. The van der Waals surface area contributed by atoms with Gasteiger partial charge < -0.3 is 24.7 Å². The number of carbonyl (C=O) groups excluding carboxylic acids is 1. The molecule has 5 rings (SSSR count). The first-order chi connectivity index (χ1) is 16.0. The number of fused-ring (bicyclic) bond motifs is 2. The summed E-state index contributed by atoms with van der Waals surface area (Å²) in [5.74, 6) is 1.79. The number of likely N-dealkylation sites (N-methyl/N-ethyl adjacent to an activating group) is 1. The number of imidazole rings is 2. The Morgan fingerprint density at radius 1 is 1.27 bits per heavy atom. The van der Waals surface area contributed by atoms with Crippen molar-refractivity contribution in [1.29, 1.82) is 0 Å². The lowest BCUT2D eigenvalue weighted by Gasteiger charge is -2.35. The number of rotatable bonds is 6. The summed E-state index contributed by atoms with van der Waals surface area (Å²) in [6.45, 7) is 4.00. The molecule has 1 aliphatic rings. The molecule has 1 aliphatic heterocycles. The van der Waals surface area contributed by atoms with Gasteiger partial charge in [0.25, 0.3) is 0 Å². The summed E-state index contributed by atoms with van der Waals surface area (Å²) in [5, 5.41) is 3.49. The van der Waals surface area contributed by atoms with Crippen LogP contribution in [0.5, 0.6) is 0 Å². The summed E-state index contributed by atoms with van der Waals surface area (Å²) in [7, 11) is 3.86. The Kier molecular flexibility index (Phi) is 5.67. The van der Waals surface area contributed by atoms with Crippen LogP contribution in [0.25, 0.3) is 22.2 Å². The highest BCUT2D eigenvalue weighted by Gasteiger charge is 2.29. The number of amides is 1. The molecule has 172 valence electrons. The molecule has 33 heavy (non-hydrogen) atoms. The zero-order chi connectivity index (χ0) is 22.9. The number of nitrogens with zero attached hydrogens (tertiary/aromatic N) is 7. The molecule has 3 aromatic heterocycles. The van der Waals surface area contributed by atoms with Crippen LogP contribution in [-0.4, -0.2) is 78.9 Å². The number of piperidine rings is 1. The van der Waals surface area contributed by atoms with Gasteiger partial charge in [-0.3, -0.25) is 4.79 Å². The normalized spacial score (nSPS) is 17.7. The third-order valence-electron chi connectivity index (χ3n) is 6.15. The summed E-state index contributed by atoms with van der Waals surface area (Å²) in [5.41, 5.74) is 3.43. The van der Waals surface area contributed by atoms with Crippen molar-refractivity contribution < 1.29 is 4.79 Å². The van der Waals surface area contributed by atoms with Crippen LogP contribution in [0.2, 0.25) is 0 Å². The van der Waals surface area contributed by atoms with E-state index in [-0.39, 0.29) is 18.0 Å². The summed E-state index contributed by atoms with van der Waals surface area (Å²) in [6, 6.07) is 8.24. The van der Waals surface area contributed by atoms with E-state index in [1.54, 1.807) is 6.33 Å². The molecule has 4 aromatic rings. The van der Waals surface area contributed by atoms with Crippen LogP contribution in [0.1, 0.15) is 37.7 Å². The number of benzene rings is 1. The second-order valence-electron chi connectivity index (χ2n) is 8.89. The highest BCUT2D eigenvalue weighted by molar-refractivity contribution is 5.82. The minimum absolute atomic E-state index is 0.119. The number of likely N-dealkylation sites (tertiary alicyclic amines) is 1. The maximum absolute atomic E-state index is 12.8. The quantitative estimate of drug-likeness (QED) is 0.468. The average Bonchev–Trinajstić information content (AvgIpc) is 3.44. The molecule has 0 bridgehead atoms. The van der Waals surface area contributed by atoms with Gasteiger partial charge >= 0.3 is 0 Å². The van der Waals surface area contributed by atoms with Gasteiger partial charge in [-0.2, -0.15) is 0 Å². The van der Waals surface area contributed by atoms with E-state index in [2.05, 4.69) is 42.8 Å². The summed E-state index contributed by atoms with van der Waals surface area (Å²) < 4.78 is 2.31. The number of anilines is 1. The minimum Gasteiger partial charge on any atom is -0.358 e. The van der Waals surface area contributed by atoms with Crippen LogP contribution in [0, 0.1) is 0 Å². The van der Waals surface area contributed by atoms with E-state index in [0.29, 0.717) is 24.6 Å². The number of hydrogen-bond acceptors (Lipinski definition) is 7. The third-order valence-corrected chi connectivity index (χ3v) is 6.15. The van der Waals surface area contributed by atoms with E-state index in [1.807, 2.05) is 42.1 Å². The lowest BCUT2D eigenvalue weighted by molar-refractivity contribution is -0.133. The molecule has 2 atom stereocenters. The fourth-order valence-electron chi connectivity index (χ4n) is 4.66. The van der Waals surface area contributed by atoms with Crippen LogP contribution >= 0.6 is 0 Å². The van der Waals surface area contributed by atoms with Crippen LogP contribution < -0.4 is 5.32 Å². The Morgan fingerprint density at radius 2 is 2.12 bits per heavy atom. The molecule has 1 saturated heterocycles. The number of aromatic nitrogens is 6. The molecule has 1 aromatic carbocycles. The van der Waals surface area contributed by atoms with Gasteiger partial charge in [0.2, 0.25) is 5.91 Å². The summed E-state index contributed by atoms with van der Waals surface area (Å²) in [6.07, 6.45) is 5.10. The van der Waals surface area contributed by atoms with Gasteiger partial charge in [0.1, 0.15) is 17.7 Å². The SMILES string of the molecule is CC(Nc1ncnc2nc[nH]c12)c1nc2ccccc2n1C1CCCN(C(=O)CN(C)C)C1. The van der Waals surface area contributed by atoms with Gasteiger partial charge in [-0.1, -0.05) is 12.1 Å². The van der Waals surface area contributed by atoms with Crippen LogP contribution in [0.3, 0.4) is 0 Å². The van der Waals surface area contributed by atoms with E-state index in [4.69, 9.17) is 4.98 Å². The van der Waals surface area contributed by atoms with Crippen molar-refractivity contribution in [2.45, 2.75) is 31.8 Å². The van der Waals surface area contributed by atoms with Gasteiger partial charge in [-0.25, -0.2) is 19.9 Å². The number of aromatic amines is 1. The van der Waals surface area contributed by atoms with E-state index in [9.17, 15) is 4.79 Å².